The lowest BCUT2D eigenvalue weighted by Gasteiger charge is -2.21. The van der Waals surface area contributed by atoms with Crippen molar-refractivity contribution in [1.82, 2.24) is 0 Å². The van der Waals surface area contributed by atoms with Crippen molar-refractivity contribution in [3.63, 3.8) is 0 Å². The highest BCUT2D eigenvalue weighted by Crippen LogP contribution is 2.51. The third kappa shape index (κ3) is 4.67. The summed E-state index contributed by atoms with van der Waals surface area (Å²) in [7, 11) is -4.05. The van der Waals surface area contributed by atoms with Gasteiger partial charge in [-0.15, -0.1) is 0 Å². The topological polar surface area (TPSA) is 44.8 Å². The van der Waals surface area contributed by atoms with E-state index in [4.69, 9.17) is 13.6 Å². The fourth-order valence-corrected chi connectivity index (χ4v) is 4.61. The van der Waals surface area contributed by atoms with Crippen LogP contribution in [0, 0.1) is 20.8 Å². The van der Waals surface area contributed by atoms with Crippen molar-refractivity contribution in [2.24, 2.45) is 0 Å². The molecule has 0 aromatic heterocycles. The summed E-state index contributed by atoms with van der Waals surface area (Å²) in [6.07, 6.45) is 0. The first-order valence-electron chi connectivity index (χ1n) is 9.72. The molecule has 0 spiro atoms. The summed E-state index contributed by atoms with van der Waals surface area (Å²) in [5.41, 5.74) is 2.98. The fraction of sp³-hybridized carbons (Fsp3) is 0.120. The molecule has 4 aromatic rings. The molecule has 4 rings (SSSR count). The number of fused-ring (bicyclic) bond motifs is 1. The number of hydrogen-bond donors (Lipinski definition) is 0. The maximum atomic E-state index is 13.8. The zero-order chi connectivity index (χ0) is 21.1. The van der Waals surface area contributed by atoms with Crippen LogP contribution in [0.2, 0.25) is 0 Å². The van der Waals surface area contributed by atoms with Gasteiger partial charge in [0.15, 0.2) is 0 Å². The Kier molecular flexibility index (Phi) is 5.52. The molecule has 0 radical (unpaired) electrons. The van der Waals surface area contributed by atoms with Gasteiger partial charge in [0, 0.05) is 5.39 Å². The van der Waals surface area contributed by atoms with Gasteiger partial charge in [-0.25, -0.2) is 0 Å². The molecule has 5 heteroatoms. The van der Waals surface area contributed by atoms with Crippen molar-refractivity contribution in [1.29, 1.82) is 0 Å². The third-order valence-electron chi connectivity index (χ3n) is 4.58. The molecule has 4 aromatic carbocycles. The van der Waals surface area contributed by atoms with Gasteiger partial charge in [-0.3, -0.25) is 0 Å². The third-order valence-corrected chi connectivity index (χ3v) is 5.87. The SMILES string of the molecule is Cc1cccc(OP(=O)(Oc2cc(C)cc(C)c2)Oc2cccc3ccccc23)c1. The lowest BCUT2D eigenvalue weighted by atomic mass is 10.1. The lowest BCUT2D eigenvalue weighted by Crippen LogP contribution is -2.08. The Labute approximate surface area is 176 Å². The van der Waals surface area contributed by atoms with E-state index in [0.29, 0.717) is 17.2 Å². The zero-order valence-electron chi connectivity index (χ0n) is 17.2. The minimum atomic E-state index is -4.05. The Hall–Kier alpha value is -3.23. The van der Waals surface area contributed by atoms with Crippen LogP contribution in [0.3, 0.4) is 0 Å². The molecule has 0 fully saturated rings. The summed E-state index contributed by atoms with van der Waals surface area (Å²) >= 11 is 0. The number of aryl methyl sites for hydroxylation is 3. The molecular formula is C25H23O4P. The maximum Gasteiger partial charge on any atom is 0.647 e. The Morgan fingerprint density at radius 1 is 0.600 bits per heavy atom. The molecule has 4 nitrogen and oxygen atoms in total. The highest BCUT2D eigenvalue weighted by Gasteiger charge is 2.34. The van der Waals surface area contributed by atoms with Gasteiger partial charge >= 0.3 is 7.82 Å². The summed E-state index contributed by atoms with van der Waals surface area (Å²) in [6, 6.07) is 26.3. The van der Waals surface area contributed by atoms with Gasteiger partial charge < -0.3 is 13.6 Å². The van der Waals surface area contributed by atoms with E-state index in [1.54, 1.807) is 18.2 Å². The van der Waals surface area contributed by atoms with E-state index >= 15 is 0 Å². The van der Waals surface area contributed by atoms with Crippen molar-refractivity contribution < 1.29 is 18.1 Å². The number of phosphoric ester groups is 1. The van der Waals surface area contributed by atoms with E-state index in [9.17, 15) is 4.57 Å². The van der Waals surface area contributed by atoms with E-state index in [1.165, 1.54) is 0 Å². The van der Waals surface area contributed by atoms with Crippen LogP contribution in [-0.4, -0.2) is 0 Å². The molecule has 0 N–H and O–H groups in total. The summed E-state index contributed by atoms with van der Waals surface area (Å²) in [4.78, 5) is 0. The molecule has 0 aliphatic carbocycles. The Morgan fingerprint density at radius 3 is 2.00 bits per heavy atom. The quantitative estimate of drug-likeness (QED) is 0.306. The molecular weight excluding hydrogens is 395 g/mol. The van der Waals surface area contributed by atoms with Crippen molar-refractivity contribution in [2.75, 3.05) is 0 Å². The standard InChI is InChI=1S/C25H23O4P/c1-18-8-6-11-22(15-18)27-30(26,28-23-16-19(2)14-20(3)17-23)29-25-13-7-10-21-9-4-5-12-24(21)25/h4-17H,1-3H3. The first-order valence-corrected chi connectivity index (χ1v) is 11.2. The second kappa shape index (κ2) is 8.25. The van der Waals surface area contributed by atoms with Crippen LogP contribution in [0.1, 0.15) is 16.7 Å². The van der Waals surface area contributed by atoms with E-state index in [-0.39, 0.29) is 0 Å². The highest BCUT2D eigenvalue weighted by atomic mass is 31.2. The molecule has 0 heterocycles. The molecule has 30 heavy (non-hydrogen) atoms. The van der Waals surface area contributed by atoms with E-state index < -0.39 is 7.82 Å². The molecule has 1 atom stereocenters. The highest BCUT2D eigenvalue weighted by molar-refractivity contribution is 7.49. The zero-order valence-corrected chi connectivity index (χ0v) is 18.1. The molecule has 0 saturated heterocycles. The molecule has 0 bridgehead atoms. The minimum Gasteiger partial charge on any atom is -0.386 e. The largest absolute Gasteiger partial charge is 0.647 e. The van der Waals surface area contributed by atoms with Gasteiger partial charge in [0.1, 0.15) is 17.2 Å². The van der Waals surface area contributed by atoms with Crippen LogP contribution in [0.15, 0.2) is 84.9 Å². The Bertz CT molecular complexity index is 1220. The number of benzene rings is 4. The van der Waals surface area contributed by atoms with Gasteiger partial charge in [-0.2, -0.15) is 4.57 Å². The second-order valence-electron chi connectivity index (χ2n) is 7.34. The van der Waals surface area contributed by atoms with Crippen molar-refractivity contribution in [3.05, 3.63) is 102 Å². The average Bonchev–Trinajstić information content (AvgIpc) is 2.67. The summed E-state index contributed by atoms with van der Waals surface area (Å²) in [5, 5.41) is 1.81. The number of hydrogen-bond acceptors (Lipinski definition) is 4. The molecule has 0 saturated carbocycles. The Morgan fingerprint density at radius 2 is 1.23 bits per heavy atom. The number of rotatable bonds is 6. The van der Waals surface area contributed by atoms with Crippen LogP contribution >= 0.6 is 7.82 Å². The predicted octanol–water partition coefficient (Wildman–Crippen LogP) is 7.41. The number of phosphoric acid groups is 1. The molecule has 152 valence electrons. The van der Waals surface area contributed by atoms with Gasteiger partial charge in [-0.05, 0) is 73.2 Å². The monoisotopic (exact) mass is 418 g/mol. The van der Waals surface area contributed by atoms with Gasteiger partial charge in [0.2, 0.25) is 0 Å². The summed E-state index contributed by atoms with van der Waals surface area (Å²) < 4.78 is 31.5. The Balaban J connectivity index is 1.75. The van der Waals surface area contributed by atoms with Crippen molar-refractivity contribution in [2.45, 2.75) is 20.8 Å². The molecule has 0 aliphatic rings. The fourth-order valence-electron chi connectivity index (χ4n) is 3.37. The summed E-state index contributed by atoms with van der Waals surface area (Å²) in [6.45, 7) is 5.85. The van der Waals surface area contributed by atoms with Gasteiger partial charge in [0.05, 0.1) is 0 Å². The van der Waals surface area contributed by atoms with Crippen LogP contribution in [0.25, 0.3) is 10.8 Å². The van der Waals surface area contributed by atoms with E-state index in [1.807, 2.05) is 87.5 Å². The first kappa shape index (κ1) is 20.1. The summed E-state index contributed by atoms with van der Waals surface area (Å²) in [5.74, 6) is 1.29. The normalized spacial score (nSPS) is 12.9. The van der Waals surface area contributed by atoms with Crippen LogP contribution in [-0.2, 0) is 4.57 Å². The van der Waals surface area contributed by atoms with Gasteiger partial charge in [-0.1, -0.05) is 54.6 Å². The molecule has 0 aliphatic heterocycles. The minimum absolute atomic E-state index is 0.419. The molecule has 0 amide bonds. The maximum absolute atomic E-state index is 13.8. The van der Waals surface area contributed by atoms with E-state index in [2.05, 4.69) is 0 Å². The van der Waals surface area contributed by atoms with Crippen LogP contribution in [0.4, 0.5) is 0 Å². The lowest BCUT2D eigenvalue weighted by molar-refractivity contribution is 0.299. The van der Waals surface area contributed by atoms with Gasteiger partial charge in [0.25, 0.3) is 0 Å². The predicted molar refractivity (Wildman–Crippen MR) is 121 cm³/mol. The van der Waals surface area contributed by atoms with E-state index in [0.717, 1.165) is 27.5 Å². The average molecular weight is 418 g/mol. The molecule has 1 unspecified atom stereocenters. The second-order valence-corrected chi connectivity index (χ2v) is 8.78. The first-order chi connectivity index (χ1) is 14.4. The van der Waals surface area contributed by atoms with Crippen molar-refractivity contribution in [3.8, 4) is 17.2 Å². The smallest absolute Gasteiger partial charge is 0.386 e. The van der Waals surface area contributed by atoms with Crippen molar-refractivity contribution >= 4 is 18.6 Å². The van der Waals surface area contributed by atoms with Crippen LogP contribution < -0.4 is 13.6 Å². The van der Waals surface area contributed by atoms with Crippen LogP contribution in [0.5, 0.6) is 17.2 Å².